The van der Waals surface area contributed by atoms with Crippen LogP contribution in [0.5, 0.6) is 0 Å². The molecular weight excluding hydrogens is 250 g/mol. The third-order valence-corrected chi connectivity index (χ3v) is 4.27. The van der Waals surface area contributed by atoms with Gasteiger partial charge in [-0.25, -0.2) is 0 Å². The number of amides is 1. The lowest BCUT2D eigenvalue weighted by atomic mass is 9.96. The molecule has 0 aliphatic carbocycles. The number of hydrogen-bond acceptors (Lipinski definition) is 3. The van der Waals surface area contributed by atoms with Crippen molar-refractivity contribution in [2.75, 3.05) is 31.9 Å². The van der Waals surface area contributed by atoms with Crippen molar-refractivity contribution in [3.05, 3.63) is 29.3 Å². The third-order valence-electron chi connectivity index (χ3n) is 4.27. The van der Waals surface area contributed by atoms with E-state index in [-0.39, 0.29) is 5.91 Å². The van der Waals surface area contributed by atoms with Gasteiger partial charge in [0.2, 0.25) is 0 Å². The van der Waals surface area contributed by atoms with E-state index in [9.17, 15) is 4.79 Å². The molecule has 0 saturated carbocycles. The zero-order valence-electron chi connectivity index (χ0n) is 12.5. The highest BCUT2D eigenvalue weighted by molar-refractivity contribution is 5.99. The van der Waals surface area contributed by atoms with E-state index in [0.29, 0.717) is 17.2 Å². The van der Waals surface area contributed by atoms with Crippen LogP contribution in [-0.4, -0.2) is 37.0 Å². The largest absolute Gasteiger partial charge is 0.398 e. The first-order chi connectivity index (χ1) is 9.61. The number of nitrogens with one attached hydrogen (secondary N) is 1. The highest BCUT2D eigenvalue weighted by atomic mass is 16.1. The molecule has 1 heterocycles. The molecule has 1 aromatic carbocycles. The second kappa shape index (κ2) is 6.75. The predicted molar refractivity (Wildman–Crippen MR) is 82.8 cm³/mol. The van der Waals surface area contributed by atoms with Crippen LogP contribution in [0.3, 0.4) is 0 Å². The van der Waals surface area contributed by atoms with Gasteiger partial charge in [-0.1, -0.05) is 19.1 Å². The summed E-state index contributed by atoms with van der Waals surface area (Å²) in [7, 11) is 0. The standard InChI is InChI=1S/C16H25N3O/c1-3-19-9-7-13(8-10-19)11-18-16(20)14-6-4-5-12(2)15(14)17/h4-6,13H,3,7-11,17H2,1-2H3,(H,18,20). The molecule has 1 amide bonds. The smallest absolute Gasteiger partial charge is 0.253 e. The minimum absolute atomic E-state index is 0.0517. The summed E-state index contributed by atoms with van der Waals surface area (Å²) < 4.78 is 0. The SMILES string of the molecule is CCN1CCC(CNC(=O)c2cccc(C)c2N)CC1. The molecule has 1 saturated heterocycles. The van der Waals surface area contributed by atoms with Crippen molar-refractivity contribution in [1.82, 2.24) is 10.2 Å². The Morgan fingerprint density at radius 1 is 1.40 bits per heavy atom. The highest BCUT2D eigenvalue weighted by Gasteiger charge is 2.19. The zero-order chi connectivity index (χ0) is 14.5. The van der Waals surface area contributed by atoms with Gasteiger partial charge in [0.25, 0.3) is 5.91 Å². The van der Waals surface area contributed by atoms with Crippen molar-refractivity contribution in [3.63, 3.8) is 0 Å². The Kier molecular flexibility index (Phi) is 5.01. The summed E-state index contributed by atoms with van der Waals surface area (Å²) >= 11 is 0. The van der Waals surface area contributed by atoms with Crippen LogP contribution in [0.25, 0.3) is 0 Å². The molecule has 0 unspecified atom stereocenters. The number of benzene rings is 1. The van der Waals surface area contributed by atoms with E-state index >= 15 is 0 Å². The maximum atomic E-state index is 12.2. The van der Waals surface area contributed by atoms with E-state index in [1.165, 1.54) is 0 Å². The molecule has 1 aliphatic rings. The fraction of sp³-hybridized carbons (Fsp3) is 0.562. The summed E-state index contributed by atoms with van der Waals surface area (Å²) in [5.41, 5.74) is 8.10. The zero-order valence-corrected chi connectivity index (χ0v) is 12.5. The van der Waals surface area contributed by atoms with E-state index in [4.69, 9.17) is 5.73 Å². The summed E-state index contributed by atoms with van der Waals surface area (Å²) in [5.74, 6) is 0.539. The molecule has 4 heteroatoms. The van der Waals surface area contributed by atoms with Gasteiger partial charge < -0.3 is 16.0 Å². The van der Waals surface area contributed by atoms with Gasteiger partial charge in [0.15, 0.2) is 0 Å². The number of anilines is 1. The Morgan fingerprint density at radius 3 is 2.75 bits per heavy atom. The van der Waals surface area contributed by atoms with Gasteiger partial charge in [0.05, 0.1) is 5.56 Å². The molecule has 0 aromatic heterocycles. The van der Waals surface area contributed by atoms with Crippen LogP contribution in [-0.2, 0) is 0 Å². The van der Waals surface area contributed by atoms with Gasteiger partial charge in [0, 0.05) is 12.2 Å². The normalized spacial score (nSPS) is 17.1. The lowest BCUT2D eigenvalue weighted by Gasteiger charge is -2.31. The second-order valence-electron chi connectivity index (χ2n) is 5.62. The van der Waals surface area contributed by atoms with Crippen molar-refractivity contribution in [3.8, 4) is 0 Å². The fourth-order valence-corrected chi connectivity index (χ4v) is 2.72. The Hall–Kier alpha value is -1.55. The summed E-state index contributed by atoms with van der Waals surface area (Å²) in [6, 6.07) is 5.59. The quantitative estimate of drug-likeness (QED) is 0.827. The van der Waals surface area contributed by atoms with Crippen molar-refractivity contribution >= 4 is 11.6 Å². The monoisotopic (exact) mass is 275 g/mol. The lowest BCUT2D eigenvalue weighted by molar-refractivity contribution is 0.0937. The van der Waals surface area contributed by atoms with Crippen molar-refractivity contribution in [2.45, 2.75) is 26.7 Å². The van der Waals surface area contributed by atoms with Gasteiger partial charge in [-0.05, 0) is 56.9 Å². The molecule has 2 rings (SSSR count). The van der Waals surface area contributed by atoms with E-state index in [1.807, 2.05) is 19.1 Å². The summed E-state index contributed by atoms with van der Waals surface area (Å²) in [5, 5.41) is 3.03. The number of nitrogens with zero attached hydrogens (tertiary/aromatic N) is 1. The highest BCUT2D eigenvalue weighted by Crippen LogP contribution is 2.18. The van der Waals surface area contributed by atoms with Crippen LogP contribution in [0, 0.1) is 12.8 Å². The molecule has 1 aliphatic heterocycles. The summed E-state index contributed by atoms with van der Waals surface area (Å²) in [6.07, 6.45) is 2.33. The Labute approximate surface area is 121 Å². The van der Waals surface area contributed by atoms with Crippen LogP contribution < -0.4 is 11.1 Å². The third kappa shape index (κ3) is 3.51. The number of piperidine rings is 1. The average Bonchev–Trinajstić information content (AvgIpc) is 2.48. The molecule has 0 atom stereocenters. The lowest BCUT2D eigenvalue weighted by Crippen LogP contribution is -2.38. The first-order valence-corrected chi connectivity index (χ1v) is 7.47. The van der Waals surface area contributed by atoms with Crippen LogP contribution in [0.2, 0.25) is 0 Å². The number of nitrogens with two attached hydrogens (primary N) is 1. The number of para-hydroxylation sites is 1. The maximum absolute atomic E-state index is 12.2. The molecule has 1 fully saturated rings. The molecule has 3 N–H and O–H groups in total. The van der Waals surface area contributed by atoms with Gasteiger partial charge in [-0.3, -0.25) is 4.79 Å². The Balaban J connectivity index is 1.85. The molecule has 0 bridgehead atoms. The Bertz CT molecular complexity index is 465. The van der Waals surface area contributed by atoms with Gasteiger partial charge in [-0.2, -0.15) is 0 Å². The topological polar surface area (TPSA) is 58.4 Å². The first-order valence-electron chi connectivity index (χ1n) is 7.47. The maximum Gasteiger partial charge on any atom is 0.253 e. The van der Waals surface area contributed by atoms with Gasteiger partial charge in [-0.15, -0.1) is 0 Å². The molecule has 0 spiro atoms. The molecule has 0 radical (unpaired) electrons. The number of hydrogen-bond donors (Lipinski definition) is 2. The van der Waals surface area contributed by atoms with E-state index in [0.717, 1.165) is 44.6 Å². The minimum atomic E-state index is -0.0517. The van der Waals surface area contributed by atoms with E-state index < -0.39 is 0 Å². The number of aryl methyl sites for hydroxylation is 1. The van der Waals surface area contributed by atoms with Gasteiger partial charge >= 0.3 is 0 Å². The number of rotatable bonds is 4. The van der Waals surface area contributed by atoms with E-state index in [2.05, 4.69) is 17.1 Å². The van der Waals surface area contributed by atoms with Crippen LogP contribution in [0.15, 0.2) is 18.2 Å². The van der Waals surface area contributed by atoms with Crippen molar-refractivity contribution in [1.29, 1.82) is 0 Å². The molecule has 4 nitrogen and oxygen atoms in total. The molecule has 20 heavy (non-hydrogen) atoms. The van der Waals surface area contributed by atoms with Crippen LogP contribution >= 0.6 is 0 Å². The van der Waals surface area contributed by atoms with Crippen molar-refractivity contribution < 1.29 is 4.79 Å². The molecule has 1 aromatic rings. The number of nitrogen functional groups attached to an aromatic ring is 1. The number of carbonyl (C=O) groups excluding carboxylic acids is 1. The number of carbonyl (C=O) groups is 1. The Morgan fingerprint density at radius 2 is 2.10 bits per heavy atom. The van der Waals surface area contributed by atoms with Crippen LogP contribution in [0.4, 0.5) is 5.69 Å². The van der Waals surface area contributed by atoms with Gasteiger partial charge in [0.1, 0.15) is 0 Å². The second-order valence-corrected chi connectivity index (χ2v) is 5.62. The predicted octanol–water partition coefficient (Wildman–Crippen LogP) is 2.04. The van der Waals surface area contributed by atoms with Crippen molar-refractivity contribution in [2.24, 2.45) is 5.92 Å². The average molecular weight is 275 g/mol. The first kappa shape index (κ1) is 14.9. The molecular formula is C16H25N3O. The van der Waals surface area contributed by atoms with E-state index in [1.54, 1.807) is 6.07 Å². The molecule has 110 valence electrons. The summed E-state index contributed by atoms with van der Waals surface area (Å²) in [6.45, 7) is 8.28. The number of likely N-dealkylation sites (tertiary alicyclic amines) is 1. The van der Waals surface area contributed by atoms with Crippen LogP contribution in [0.1, 0.15) is 35.7 Å². The summed E-state index contributed by atoms with van der Waals surface area (Å²) in [4.78, 5) is 14.6. The minimum Gasteiger partial charge on any atom is -0.398 e. The fourth-order valence-electron chi connectivity index (χ4n) is 2.72.